The van der Waals surface area contributed by atoms with Crippen LogP contribution in [0, 0.1) is 0 Å². The van der Waals surface area contributed by atoms with Crippen LogP contribution in [0.25, 0.3) is 11.0 Å². The Bertz CT molecular complexity index is 1330. The van der Waals surface area contributed by atoms with Crippen molar-refractivity contribution in [3.8, 4) is 0 Å². The first-order chi connectivity index (χ1) is 14.2. The fourth-order valence-corrected chi connectivity index (χ4v) is 5.61. The van der Waals surface area contributed by atoms with Gasteiger partial charge in [-0.1, -0.05) is 30.3 Å². The van der Waals surface area contributed by atoms with Gasteiger partial charge >= 0.3 is 11.1 Å². The Hall–Kier alpha value is -2.75. The Morgan fingerprint density at radius 1 is 0.933 bits per heavy atom. The number of morpholine rings is 1. The fourth-order valence-electron chi connectivity index (χ4n) is 3.98. The second-order valence-corrected chi connectivity index (χ2v) is 9.33. The molecule has 8 nitrogen and oxygen atoms in total. The van der Waals surface area contributed by atoms with Gasteiger partial charge in [0.2, 0.25) is 10.0 Å². The van der Waals surface area contributed by atoms with Crippen LogP contribution < -0.4 is 11.1 Å². The molecule has 0 amide bonds. The molecule has 1 aromatic heterocycles. The van der Waals surface area contributed by atoms with E-state index in [1.54, 1.807) is 6.07 Å². The van der Waals surface area contributed by atoms with E-state index in [2.05, 4.69) is 0 Å². The van der Waals surface area contributed by atoms with Gasteiger partial charge in [0.1, 0.15) is 0 Å². The summed E-state index contributed by atoms with van der Waals surface area (Å²) in [7, 11) is -0.887. The molecular formula is C21H23N3O5S. The van der Waals surface area contributed by atoms with Crippen molar-refractivity contribution in [2.45, 2.75) is 24.0 Å². The van der Waals surface area contributed by atoms with Crippen molar-refractivity contribution < 1.29 is 13.2 Å². The molecule has 0 N–H and O–H groups in total. The van der Waals surface area contributed by atoms with Gasteiger partial charge in [0.15, 0.2) is 0 Å². The van der Waals surface area contributed by atoms with E-state index < -0.39 is 27.2 Å². The average molecular weight is 429 g/mol. The molecule has 2 atom stereocenters. The quantitative estimate of drug-likeness (QED) is 0.587. The van der Waals surface area contributed by atoms with Crippen LogP contribution in [0.5, 0.6) is 0 Å². The van der Waals surface area contributed by atoms with Crippen molar-refractivity contribution in [3.05, 3.63) is 74.8 Å². The van der Waals surface area contributed by atoms with Gasteiger partial charge in [-0.3, -0.25) is 9.59 Å². The monoisotopic (exact) mass is 429 g/mol. The largest absolute Gasteiger partial charge is 0.370 e. The Balaban J connectivity index is 1.79. The van der Waals surface area contributed by atoms with Crippen molar-refractivity contribution in [3.63, 3.8) is 0 Å². The molecule has 0 radical (unpaired) electrons. The van der Waals surface area contributed by atoms with Gasteiger partial charge in [0.05, 0.1) is 34.7 Å². The SMILES string of the molecule is C[C@H]1[C@@H](c2ccccc2)OCCN1S(=O)(=O)c1ccc2c(c1)n(C)c(=O)c(=O)n2C. The molecule has 3 aromatic rings. The number of benzene rings is 2. The minimum absolute atomic E-state index is 0.0733. The number of nitrogens with zero attached hydrogens (tertiary/aromatic N) is 3. The zero-order valence-electron chi connectivity index (χ0n) is 17.0. The lowest BCUT2D eigenvalue weighted by Crippen LogP contribution is -2.48. The predicted molar refractivity (Wildman–Crippen MR) is 113 cm³/mol. The Labute approximate surface area is 174 Å². The van der Waals surface area contributed by atoms with Gasteiger partial charge in [-0.2, -0.15) is 4.31 Å². The molecule has 1 aliphatic heterocycles. The third-order valence-corrected chi connectivity index (χ3v) is 7.68. The maximum absolute atomic E-state index is 13.5. The third kappa shape index (κ3) is 3.19. The lowest BCUT2D eigenvalue weighted by molar-refractivity contribution is -0.0361. The van der Waals surface area contributed by atoms with E-state index >= 15 is 0 Å². The van der Waals surface area contributed by atoms with E-state index in [1.807, 2.05) is 37.3 Å². The van der Waals surface area contributed by atoms with E-state index in [4.69, 9.17) is 4.74 Å². The molecule has 1 aliphatic rings. The minimum atomic E-state index is -3.85. The molecule has 0 saturated carbocycles. The van der Waals surface area contributed by atoms with Crippen LogP contribution in [-0.4, -0.2) is 41.1 Å². The van der Waals surface area contributed by atoms with Crippen LogP contribution in [0.2, 0.25) is 0 Å². The number of hydrogen-bond donors (Lipinski definition) is 0. The van der Waals surface area contributed by atoms with Gasteiger partial charge < -0.3 is 13.9 Å². The Kier molecular flexibility index (Phi) is 5.13. The standard InChI is InChI=1S/C21H23N3O5S/c1-14-19(15-7-5-4-6-8-15)29-12-11-24(14)30(27,28)16-9-10-17-18(13-16)23(3)21(26)20(25)22(17)2/h4-10,13-14,19H,11-12H2,1-3H3/t14-,19-/m0/s1. The number of sulfonamides is 1. The molecule has 2 aromatic carbocycles. The molecule has 0 bridgehead atoms. The smallest absolute Gasteiger partial charge is 0.316 e. The van der Waals surface area contributed by atoms with E-state index in [0.717, 1.165) is 5.56 Å². The normalized spacial score (nSPS) is 20.5. The fraction of sp³-hybridized carbons (Fsp3) is 0.333. The van der Waals surface area contributed by atoms with Crippen LogP contribution in [0.4, 0.5) is 0 Å². The molecule has 2 heterocycles. The maximum Gasteiger partial charge on any atom is 0.316 e. The average Bonchev–Trinajstić information content (AvgIpc) is 2.76. The van der Waals surface area contributed by atoms with E-state index in [1.165, 1.54) is 39.7 Å². The van der Waals surface area contributed by atoms with Gasteiger partial charge in [0.25, 0.3) is 0 Å². The number of aryl methyl sites for hydroxylation is 2. The van der Waals surface area contributed by atoms with E-state index in [9.17, 15) is 18.0 Å². The van der Waals surface area contributed by atoms with Crippen LogP contribution in [0.15, 0.2) is 63.0 Å². The van der Waals surface area contributed by atoms with Crippen molar-refractivity contribution >= 4 is 21.1 Å². The van der Waals surface area contributed by atoms with E-state index in [-0.39, 0.29) is 24.2 Å². The lowest BCUT2D eigenvalue weighted by Gasteiger charge is -2.38. The minimum Gasteiger partial charge on any atom is -0.370 e. The molecule has 0 unspecified atom stereocenters. The third-order valence-electron chi connectivity index (χ3n) is 5.70. The van der Waals surface area contributed by atoms with E-state index in [0.29, 0.717) is 11.0 Å². The first-order valence-electron chi connectivity index (χ1n) is 9.61. The summed E-state index contributed by atoms with van der Waals surface area (Å²) in [6.07, 6.45) is -0.375. The summed E-state index contributed by atoms with van der Waals surface area (Å²) >= 11 is 0. The van der Waals surface area contributed by atoms with Crippen LogP contribution in [0.1, 0.15) is 18.6 Å². The summed E-state index contributed by atoms with van der Waals surface area (Å²) in [6.45, 7) is 2.34. The van der Waals surface area contributed by atoms with Gasteiger partial charge in [-0.25, -0.2) is 8.42 Å². The topological polar surface area (TPSA) is 90.6 Å². The second kappa shape index (κ2) is 7.50. The molecule has 0 spiro atoms. The molecule has 30 heavy (non-hydrogen) atoms. The summed E-state index contributed by atoms with van der Waals surface area (Å²) in [6, 6.07) is 13.6. The Morgan fingerprint density at radius 2 is 1.57 bits per heavy atom. The van der Waals surface area contributed by atoms with Gasteiger partial charge in [-0.15, -0.1) is 0 Å². The van der Waals surface area contributed by atoms with Gasteiger partial charge in [0, 0.05) is 20.6 Å². The highest BCUT2D eigenvalue weighted by Crippen LogP contribution is 2.32. The number of aromatic nitrogens is 2. The zero-order valence-corrected chi connectivity index (χ0v) is 17.8. The summed E-state index contributed by atoms with van der Waals surface area (Å²) < 4.78 is 36.7. The van der Waals surface area contributed by atoms with Crippen molar-refractivity contribution in [1.82, 2.24) is 13.4 Å². The summed E-state index contributed by atoms with van der Waals surface area (Å²) in [5.41, 5.74) is 0.416. The van der Waals surface area contributed by atoms with Crippen LogP contribution >= 0.6 is 0 Å². The molecule has 158 valence electrons. The summed E-state index contributed by atoms with van der Waals surface area (Å²) in [5.74, 6) is 0. The number of ether oxygens (including phenoxy) is 1. The number of hydrogen-bond acceptors (Lipinski definition) is 5. The molecule has 0 aliphatic carbocycles. The van der Waals surface area contributed by atoms with Crippen molar-refractivity contribution in [2.24, 2.45) is 14.1 Å². The second-order valence-electron chi connectivity index (χ2n) is 7.44. The first-order valence-corrected chi connectivity index (χ1v) is 11.1. The number of rotatable bonds is 3. The molecule has 9 heteroatoms. The maximum atomic E-state index is 13.5. The van der Waals surface area contributed by atoms with Crippen molar-refractivity contribution in [1.29, 1.82) is 0 Å². The van der Waals surface area contributed by atoms with Crippen LogP contribution in [-0.2, 0) is 28.9 Å². The highest BCUT2D eigenvalue weighted by molar-refractivity contribution is 7.89. The Morgan fingerprint density at radius 3 is 2.23 bits per heavy atom. The molecule has 1 fully saturated rings. The highest BCUT2D eigenvalue weighted by atomic mass is 32.2. The summed E-state index contributed by atoms with van der Waals surface area (Å²) in [4.78, 5) is 24.3. The van der Waals surface area contributed by atoms with Gasteiger partial charge in [-0.05, 0) is 30.7 Å². The molecular weight excluding hydrogens is 406 g/mol. The summed E-state index contributed by atoms with van der Waals surface area (Å²) in [5, 5.41) is 0. The predicted octanol–water partition coefficient (Wildman–Crippen LogP) is 1.39. The first kappa shape index (κ1) is 20.5. The number of fused-ring (bicyclic) bond motifs is 1. The lowest BCUT2D eigenvalue weighted by atomic mass is 10.0. The van der Waals surface area contributed by atoms with Crippen molar-refractivity contribution in [2.75, 3.05) is 13.2 Å². The highest BCUT2D eigenvalue weighted by Gasteiger charge is 2.38. The van der Waals surface area contributed by atoms with Crippen LogP contribution in [0.3, 0.4) is 0 Å². The molecule has 4 rings (SSSR count). The molecule has 1 saturated heterocycles. The zero-order chi connectivity index (χ0) is 21.6.